The summed E-state index contributed by atoms with van der Waals surface area (Å²) in [5.41, 5.74) is 2.45. The molecule has 26 heavy (non-hydrogen) atoms. The molecule has 0 N–H and O–H groups in total. The number of carbonyl (C=O) groups is 1. The molecule has 3 heteroatoms. The van der Waals surface area contributed by atoms with E-state index < -0.39 is 19.2 Å². The van der Waals surface area contributed by atoms with Crippen molar-refractivity contribution in [1.29, 1.82) is 0 Å². The van der Waals surface area contributed by atoms with Crippen LogP contribution in [0.25, 0.3) is 0 Å². The molecule has 1 atom stereocenters. The first kappa shape index (κ1) is 15.8. The fraction of sp³-hybridized carbons (Fsp3) is 0.435. The van der Waals surface area contributed by atoms with Gasteiger partial charge in [0.15, 0.2) is 0 Å². The van der Waals surface area contributed by atoms with Gasteiger partial charge in [-0.3, -0.25) is 0 Å². The lowest BCUT2D eigenvalue weighted by Crippen LogP contribution is -2.06. The lowest BCUT2D eigenvalue weighted by Gasteiger charge is -2.16. The SMILES string of the molecule is [2H]C([2H])(CC(C)=O)C([2H])([2H])CC(CCSCc1ccccc1)SCc1ccccc1. The van der Waals surface area contributed by atoms with Gasteiger partial charge in [-0.1, -0.05) is 67.0 Å². The molecule has 0 bridgehead atoms. The van der Waals surface area contributed by atoms with Crippen molar-refractivity contribution in [2.24, 2.45) is 0 Å². The summed E-state index contributed by atoms with van der Waals surface area (Å²) in [6.07, 6.45) is -3.72. The van der Waals surface area contributed by atoms with Crippen LogP contribution < -0.4 is 0 Å². The van der Waals surface area contributed by atoms with E-state index in [1.54, 1.807) is 11.8 Å². The van der Waals surface area contributed by atoms with Crippen molar-refractivity contribution in [2.75, 3.05) is 5.75 Å². The molecule has 0 aliphatic rings. The van der Waals surface area contributed by atoms with E-state index in [4.69, 9.17) is 5.48 Å². The van der Waals surface area contributed by atoms with E-state index in [1.807, 2.05) is 48.2 Å². The van der Waals surface area contributed by atoms with E-state index in [9.17, 15) is 4.79 Å². The summed E-state index contributed by atoms with van der Waals surface area (Å²) in [5.74, 6) is 2.23. The van der Waals surface area contributed by atoms with Crippen LogP contribution in [0.15, 0.2) is 60.7 Å². The monoisotopic (exact) mass is 390 g/mol. The van der Waals surface area contributed by atoms with Crippen LogP contribution in [0.5, 0.6) is 0 Å². The Morgan fingerprint density at radius 3 is 2.15 bits per heavy atom. The summed E-state index contributed by atoms with van der Waals surface area (Å²) in [5, 5.41) is -0.0227. The van der Waals surface area contributed by atoms with Crippen molar-refractivity contribution in [1.82, 2.24) is 0 Å². The Balaban J connectivity index is 1.97. The maximum Gasteiger partial charge on any atom is 0.129 e. The van der Waals surface area contributed by atoms with Gasteiger partial charge in [0.2, 0.25) is 0 Å². The van der Waals surface area contributed by atoms with E-state index in [0.717, 1.165) is 23.7 Å². The number of ketones is 1. The quantitative estimate of drug-likeness (QED) is 0.352. The third-order valence-electron chi connectivity index (χ3n) is 3.82. The maximum absolute atomic E-state index is 11.4. The third-order valence-corrected chi connectivity index (χ3v) is 6.25. The predicted octanol–water partition coefficient (Wildman–Crippen LogP) is 6.76. The van der Waals surface area contributed by atoms with Crippen molar-refractivity contribution in [3.05, 3.63) is 71.8 Å². The van der Waals surface area contributed by atoms with Crippen LogP contribution in [0, 0.1) is 0 Å². The molecule has 1 nitrogen and oxygen atoms in total. The van der Waals surface area contributed by atoms with Crippen LogP contribution in [0.3, 0.4) is 0 Å². The molecule has 0 radical (unpaired) electrons. The fourth-order valence-corrected chi connectivity index (χ4v) is 4.66. The normalized spacial score (nSPS) is 15.4. The van der Waals surface area contributed by atoms with Gasteiger partial charge in [-0.05, 0) is 43.0 Å². The lowest BCUT2D eigenvalue weighted by atomic mass is 10.1. The summed E-state index contributed by atoms with van der Waals surface area (Å²) < 4.78 is 33.0. The minimum absolute atomic E-state index is 0.0227. The molecule has 0 amide bonds. The third kappa shape index (κ3) is 9.49. The molecule has 0 aliphatic heterocycles. The Labute approximate surface area is 173 Å². The standard InChI is InChI=1S/C23H30OS2/c1-20(24)10-8-9-15-23(26-19-22-13-6-3-7-14-22)16-17-25-18-21-11-4-2-5-12-21/h2-7,11-14,23H,8-10,15-19H2,1H3/i8D2,9D2. The van der Waals surface area contributed by atoms with E-state index >= 15 is 0 Å². The van der Waals surface area contributed by atoms with E-state index in [-0.39, 0.29) is 17.5 Å². The summed E-state index contributed by atoms with van der Waals surface area (Å²) in [7, 11) is 0. The Kier molecular flexibility index (Phi) is 7.94. The largest absolute Gasteiger partial charge is 0.300 e. The van der Waals surface area contributed by atoms with E-state index in [2.05, 4.69) is 24.3 Å². The highest BCUT2D eigenvalue weighted by Gasteiger charge is 2.10. The number of carbonyl (C=O) groups excluding carboxylic acids is 1. The van der Waals surface area contributed by atoms with Gasteiger partial charge in [0.05, 0.1) is 0 Å². The topological polar surface area (TPSA) is 17.1 Å². The molecule has 0 fully saturated rings. The molecular weight excluding hydrogens is 356 g/mol. The Hall–Kier alpha value is -1.19. The van der Waals surface area contributed by atoms with Gasteiger partial charge >= 0.3 is 0 Å². The highest BCUT2D eigenvalue weighted by atomic mass is 32.2. The smallest absolute Gasteiger partial charge is 0.129 e. The second-order valence-electron chi connectivity index (χ2n) is 6.18. The number of thioether (sulfide) groups is 2. The molecule has 2 aromatic carbocycles. The van der Waals surface area contributed by atoms with Crippen LogP contribution in [0.2, 0.25) is 0 Å². The van der Waals surface area contributed by atoms with Gasteiger partial charge in [0.25, 0.3) is 0 Å². The van der Waals surface area contributed by atoms with Crippen molar-refractivity contribution in [3.63, 3.8) is 0 Å². The number of Topliss-reactive ketones (excluding diaryl/α,β-unsaturated/α-hetero) is 1. The first-order valence-corrected chi connectivity index (χ1v) is 11.2. The highest BCUT2D eigenvalue weighted by Crippen LogP contribution is 2.27. The molecule has 0 saturated carbocycles. The van der Waals surface area contributed by atoms with Crippen molar-refractivity contribution < 1.29 is 10.3 Å². The van der Waals surface area contributed by atoms with Crippen LogP contribution in [0.1, 0.15) is 55.5 Å². The predicted molar refractivity (Wildman–Crippen MR) is 118 cm³/mol. The summed E-state index contributed by atoms with van der Waals surface area (Å²) >= 11 is 3.49. The molecule has 0 saturated heterocycles. The number of hydrogen-bond acceptors (Lipinski definition) is 3. The number of rotatable bonds is 13. The summed E-state index contributed by atoms with van der Waals surface area (Å²) in [6.45, 7) is 1.32. The average Bonchev–Trinajstić information content (AvgIpc) is 2.69. The zero-order chi connectivity index (χ0) is 22.0. The van der Waals surface area contributed by atoms with Gasteiger partial charge in [-0.2, -0.15) is 23.5 Å². The molecule has 1 unspecified atom stereocenters. The zero-order valence-electron chi connectivity index (χ0n) is 19.3. The second kappa shape index (κ2) is 13.1. The number of benzene rings is 2. The molecule has 0 aliphatic carbocycles. The van der Waals surface area contributed by atoms with Gasteiger partial charge in [0, 0.05) is 28.7 Å². The van der Waals surface area contributed by atoms with Crippen LogP contribution in [-0.4, -0.2) is 16.8 Å². The average molecular weight is 391 g/mol. The number of hydrogen-bond donors (Lipinski definition) is 0. The van der Waals surface area contributed by atoms with Gasteiger partial charge < -0.3 is 4.79 Å². The van der Waals surface area contributed by atoms with Gasteiger partial charge in [-0.25, -0.2) is 0 Å². The summed E-state index contributed by atoms with van der Waals surface area (Å²) in [6, 6.07) is 20.3. The summed E-state index contributed by atoms with van der Waals surface area (Å²) in [4.78, 5) is 11.4. The van der Waals surface area contributed by atoms with Crippen LogP contribution >= 0.6 is 23.5 Å². The molecule has 140 valence electrons. The van der Waals surface area contributed by atoms with Gasteiger partial charge in [-0.15, -0.1) is 0 Å². The Morgan fingerprint density at radius 2 is 1.54 bits per heavy atom. The van der Waals surface area contributed by atoms with Crippen molar-refractivity contribution >= 4 is 29.3 Å². The van der Waals surface area contributed by atoms with Crippen LogP contribution in [-0.2, 0) is 16.3 Å². The zero-order valence-corrected chi connectivity index (χ0v) is 17.0. The minimum atomic E-state index is -2.17. The Bertz CT molecular complexity index is 769. The molecule has 2 rings (SSSR count). The van der Waals surface area contributed by atoms with E-state index in [0.29, 0.717) is 0 Å². The lowest BCUT2D eigenvalue weighted by molar-refractivity contribution is -0.117. The van der Waals surface area contributed by atoms with E-state index in [1.165, 1.54) is 18.1 Å². The Morgan fingerprint density at radius 1 is 0.923 bits per heavy atom. The molecule has 0 heterocycles. The second-order valence-corrected chi connectivity index (χ2v) is 8.58. The minimum Gasteiger partial charge on any atom is -0.300 e. The molecule has 2 aromatic rings. The molecule has 0 spiro atoms. The molecular formula is C23H30OS2. The first-order valence-electron chi connectivity index (χ1n) is 11.0. The highest BCUT2D eigenvalue weighted by molar-refractivity contribution is 7.99. The maximum atomic E-state index is 11.4. The molecule has 0 aromatic heterocycles. The first-order chi connectivity index (χ1) is 14.2. The van der Waals surface area contributed by atoms with Gasteiger partial charge in [0.1, 0.15) is 5.78 Å². The van der Waals surface area contributed by atoms with Crippen LogP contribution in [0.4, 0.5) is 0 Å². The van der Waals surface area contributed by atoms with Crippen molar-refractivity contribution in [3.8, 4) is 0 Å². The fourth-order valence-electron chi connectivity index (χ4n) is 2.38. The van der Waals surface area contributed by atoms with Crippen molar-refractivity contribution in [2.45, 2.75) is 55.7 Å².